The van der Waals surface area contributed by atoms with E-state index in [0.29, 0.717) is 36.3 Å². The number of nitrogens with two attached hydrogens (primary N) is 2. The van der Waals surface area contributed by atoms with E-state index in [1.807, 2.05) is 0 Å². The Bertz CT molecular complexity index is 982. The molecule has 3 amide bonds. The highest BCUT2D eigenvalue weighted by Gasteiger charge is 2.62. The van der Waals surface area contributed by atoms with Gasteiger partial charge in [0.15, 0.2) is 0 Å². The van der Waals surface area contributed by atoms with Crippen molar-refractivity contribution in [3.8, 4) is 0 Å². The van der Waals surface area contributed by atoms with Gasteiger partial charge in [-0.1, -0.05) is 6.92 Å². The molecule has 2 fully saturated rings. The van der Waals surface area contributed by atoms with Gasteiger partial charge in [0.2, 0.25) is 0 Å². The highest BCUT2D eigenvalue weighted by Crippen LogP contribution is 2.49. The van der Waals surface area contributed by atoms with Crippen LogP contribution in [0.3, 0.4) is 0 Å². The van der Waals surface area contributed by atoms with Crippen molar-refractivity contribution in [2.45, 2.75) is 25.4 Å². The molecule has 2 aliphatic rings. The molecule has 12 heteroatoms. The van der Waals surface area contributed by atoms with Gasteiger partial charge >= 0.3 is 12.1 Å². The lowest BCUT2D eigenvalue weighted by Gasteiger charge is -2.40. The first-order valence-corrected chi connectivity index (χ1v) is 10.5. The number of hydrogen-bond acceptors (Lipinski definition) is 8. The fourth-order valence-corrected chi connectivity index (χ4v) is 4.20. The Balaban J connectivity index is 1.78. The minimum absolute atomic E-state index is 0.178. The van der Waals surface area contributed by atoms with Crippen LogP contribution in [0.15, 0.2) is 23.9 Å². The monoisotopic (exact) mass is 460 g/mol. The first kappa shape index (κ1) is 24.1. The molecule has 1 unspecified atom stereocenters. The lowest BCUT2D eigenvalue weighted by molar-refractivity contribution is -0.155. The fourth-order valence-electron chi connectivity index (χ4n) is 4.20. The molecule has 12 nitrogen and oxygen atoms in total. The molecule has 0 aliphatic carbocycles. The smallest absolute Gasteiger partial charge is 0.407 e. The summed E-state index contributed by atoms with van der Waals surface area (Å²) in [5.74, 6) is -1.91. The molecule has 0 saturated carbocycles. The van der Waals surface area contributed by atoms with E-state index in [1.165, 1.54) is 11.1 Å². The quantitative estimate of drug-likeness (QED) is 0.225. The fraction of sp³-hybridized carbons (Fsp3) is 0.476. The normalized spacial score (nSPS) is 24.8. The average Bonchev–Trinajstić information content (AvgIpc) is 3.08. The van der Waals surface area contributed by atoms with E-state index in [1.54, 1.807) is 25.1 Å². The van der Waals surface area contributed by atoms with E-state index in [0.717, 1.165) is 0 Å². The Morgan fingerprint density at radius 2 is 2.00 bits per heavy atom. The zero-order valence-corrected chi connectivity index (χ0v) is 18.2. The largest absolute Gasteiger partial charge is 0.480 e. The first-order chi connectivity index (χ1) is 15.7. The number of carbonyl (C=O) groups excluding carboxylic acids is 3. The molecule has 1 aromatic heterocycles. The second kappa shape index (κ2) is 9.96. The molecule has 7 N–H and O–H groups in total. The third-order valence-electron chi connectivity index (χ3n) is 5.73. The highest BCUT2D eigenvalue weighted by atomic mass is 16.5. The topological polar surface area (TPSA) is 190 Å². The summed E-state index contributed by atoms with van der Waals surface area (Å²) in [6.07, 6.45) is 2.61. The number of alkyl carbamates (subject to hydrolysis) is 1. The highest BCUT2D eigenvalue weighted by molar-refractivity contribution is 6.08. The van der Waals surface area contributed by atoms with E-state index in [9.17, 15) is 24.3 Å². The number of carbonyl (C=O) groups is 4. The van der Waals surface area contributed by atoms with Crippen LogP contribution >= 0.6 is 0 Å². The van der Waals surface area contributed by atoms with Gasteiger partial charge in [0.1, 0.15) is 12.6 Å². The number of hydrogen-bond donors (Lipinski definition) is 5. The molecule has 0 bridgehead atoms. The Morgan fingerprint density at radius 1 is 1.30 bits per heavy atom. The van der Waals surface area contributed by atoms with Gasteiger partial charge in [-0.25, -0.2) is 9.59 Å². The van der Waals surface area contributed by atoms with Crippen molar-refractivity contribution in [2.24, 2.45) is 16.9 Å². The van der Waals surface area contributed by atoms with Gasteiger partial charge in [-0.2, -0.15) is 0 Å². The molecule has 3 rings (SSSR count). The number of nitrogens with one attached hydrogen (secondary N) is 2. The number of aromatic nitrogens is 1. The lowest BCUT2D eigenvalue weighted by Crippen LogP contribution is -2.58. The van der Waals surface area contributed by atoms with Crippen molar-refractivity contribution >= 4 is 30.0 Å². The van der Waals surface area contributed by atoms with Crippen LogP contribution in [-0.4, -0.2) is 83.7 Å². The zero-order valence-electron chi connectivity index (χ0n) is 18.2. The third kappa shape index (κ3) is 4.96. The second-order valence-corrected chi connectivity index (χ2v) is 8.23. The summed E-state index contributed by atoms with van der Waals surface area (Å²) in [5, 5.41) is 14.9. The number of aliphatic carboxylic acids is 1. The van der Waals surface area contributed by atoms with Gasteiger partial charge in [0.05, 0.1) is 11.7 Å². The van der Waals surface area contributed by atoms with E-state index in [4.69, 9.17) is 16.2 Å². The van der Waals surface area contributed by atoms with Gasteiger partial charge in [-0.15, -0.1) is 0 Å². The molecule has 33 heavy (non-hydrogen) atoms. The maximum atomic E-state index is 12.8. The van der Waals surface area contributed by atoms with Crippen LogP contribution in [0.1, 0.15) is 29.4 Å². The molecule has 0 aromatic carbocycles. The predicted molar refractivity (Wildman–Crippen MR) is 117 cm³/mol. The number of carboxylic acids is 1. The minimum Gasteiger partial charge on any atom is -0.480 e. The number of nitrogens with zero attached hydrogens (tertiary/aromatic N) is 2. The number of fused-ring (bicyclic) bond motifs is 1. The van der Waals surface area contributed by atoms with Gasteiger partial charge in [-0.05, 0) is 24.6 Å². The minimum atomic E-state index is -1.17. The van der Waals surface area contributed by atoms with Gasteiger partial charge in [-0.3, -0.25) is 14.6 Å². The number of rotatable bonds is 9. The maximum absolute atomic E-state index is 12.8. The molecular weight excluding hydrogens is 432 g/mol. The Hall–Kier alpha value is -3.51. The van der Waals surface area contributed by atoms with Crippen molar-refractivity contribution < 1.29 is 29.0 Å². The van der Waals surface area contributed by atoms with Crippen molar-refractivity contribution in [1.82, 2.24) is 20.5 Å². The van der Waals surface area contributed by atoms with Crippen molar-refractivity contribution in [3.63, 3.8) is 0 Å². The molecule has 0 spiro atoms. The summed E-state index contributed by atoms with van der Waals surface area (Å²) in [6.45, 7) is 2.60. The number of amides is 3. The molecule has 1 aromatic rings. The van der Waals surface area contributed by atoms with Gasteiger partial charge in [0, 0.05) is 48.9 Å². The Labute approximate surface area is 190 Å². The zero-order chi connectivity index (χ0) is 24.2. The first-order valence-electron chi connectivity index (χ1n) is 10.5. The van der Waals surface area contributed by atoms with Gasteiger partial charge in [0.25, 0.3) is 11.8 Å². The van der Waals surface area contributed by atoms with Crippen molar-refractivity contribution in [2.75, 3.05) is 32.8 Å². The third-order valence-corrected chi connectivity index (χ3v) is 5.73. The summed E-state index contributed by atoms with van der Waals surface area (Å²) >= 11 is 0. The SMILES string of the molecule is C[C@@]1(COC(=O)NCCN)CC2/C(=C\c3cc(C(=O)NCCN)ccn3)C(=O)N2[C@H]1C(=O)O. The van der Waals surface area contributed by atoms with Crippen LogP contribution in [-0.2, 0) is 14.3 Å². The van der Waals surface area contributed by atoms with Crippen LogP contribution in [0.2, 0.25) is 0 Å². The molecular formula is C21H28N6O6. The van der Waals surface area contributed by atoms with E-state index >= 15 is 0 Å². The molecule has 2 saturated heterocycles. The standard InChI is InChI=1S/C21H28N6O6/c1-21(11-33-20(32)26-7-4-23)10-15-14(18(29)27(15)16(21)19(30)31)9-13-8-12(2-5-24-13)17(28)25-6-3-22/h2,5,8-9,15-16H,3-4,6-7,10-11,22-23H2,1H3,(H,25,28)(H,26,32)(H,30,31)/b14-9+/t15?,16-,21-/m0/s1. The number of pyridine rings is 1. The van der Waals surface area contributed by atoms with E-state index < -0.39 is 35.5 Å². The molecule has 3 heterocycles. The van der Waals surface area contributed by atoms with Crippen LogP contribution in [0, 0.1) is 5.41 Å². The summed E-state index contributed by atoms with van der Waals surface area (Å²) in [6, 6.07) is 1.48. The summed E-state index contributed by atoms with van der Waals surface area (Å²) < 4.78 is 5.21. The second-order valence-electron chi connectivity index (χ2n) is 8.23. The number of β-lactam (4-membered cyclic amide) rings is 1. The summed E-state index contributed by atoms with van der Waals surface area (Å²) in [4.78, 5) is 54.3. The van der Waals surface area contributed by atoms with Crippen LogP contribution in [0.25, 0.3) is 6.08 Å². The molecule has 3 atom stereocenters. The summed E-state index contributed by atoms with van der Waals surface area (Å²) in [5.41, 5.74) is 10.9. The molecule has 0 radical (unpaired) electrons. The van der Waals surface area contributed by atoms with Crippen molar-refractivity contribution in [1.29, 1.82) is 0 Å². The predicted octanol–water partition coefficient (Wildman–Crippen LogP) is -1.09. The lowest BCUT2D eigenvalue weighted by atomic mass is 9.81. The van der Waals surface area contributed by atoms with Crippen LogP contribution in [0.5, 0.6) is 0 Å². The van der Waals surface area contributed by atoms with E-state index in [-0.39, 0.29) is 25.6 Å². The number of carboxylic acid groups (broad SMARTS) is 1. The van der Waals surface area contributed by atoms with Crippen molar-refractivity contribution in [3.05, 3.63) is 35.2 Å². The number of ether oxygens (including phenoxy) is 1. The van der Waals surface area contributed by atoms with E-state index in [2.05, 4.69) is 15.6 Å². The molecule has 178 valence electrons. The summed E-state index contributed by atoms with van der Waals surface area (Å²) in [7, 11) is 0. The Kier molecular flexibility index (Phi) is 7.29. The van der Waals surface area contributed by atoms with Crippen LogP contribution in [0.4, 0.5) is 4.79 Å². The Morgan fingerprint density at radius 3 is 2.67 bits per heavy atom. The molecule has 2 aliphatic heterocycles. The van der Waals surface area contributed by atoms with Gasteiger partial charge < -0.3 is 36.8 Å². The maximum Gasteiger partial charge on any atom is 0.407 e. The average molecular weight is 460 g/mol. The van der Waals surface area contributed by atoms with Crippen LogP contribution < -0.4 is 22.1 Å².